The number of alkyl halides is 1. The van der Waals surface area contributed by atoms with Gasteiger partial charge < -0.3 is 14.8 Å². The van der Waals surface area contributed by atoms with Crippen LogP contribution in [0.4, 0.5) is 0 Å². The third-order valence-electron chi connectivity index (χ3n) is 4.11. The molecular formula is C21H34ClNO3. The Bertz CT molecular complexity index is 465. The van der Waals surface area contributed by atoms with Gasteiger partial charge in [-0.1, -0.05) is 38.3 Å². The maximum absolute atomic E-state index is 12.1. The van der Waals surface area contributed by atoms with Gasteiger partial charge in [0.15, 0.2) is 0 Å². The van der Waals surface area contributed by atoms with Crippen molar-refractivity contribution >= 4 is 17.5 Å². The molecule has 1 amide bonds. The van der Waals surface area contributed by atoms with Gasteiger partial charge in [0.05, 0.1) is 19.8 Å². The zero-order valence-corrected chi connectivity index (χ0v) is 16.9. The summed E-state index contributed by atoms with van der Waals surface area (Å²) in [5.74, 6) is 0.694. The Balaban J connectivity index is 1.98. The van der Waals surface area contributed by atoms with Crippen LogP contribution in [0.15, 0.2) is 24.3 Å². The molecule has 0 spiro atoms. The van der Waals surface area contributed by atoms with Crippen LogP contribution in [-0.2, 0) is 15.9 Å². The van der Waals surface area contributed by atoms with Crippen molar-refractivity contribution in [3.8, 4) is 0 Å². The van der Waals surface area contributed by atoms with E-state index in [9.17, 15) is 4.79 Å². The molecule has 0 bridgehead atoms. The number of benzene rings is 1. The average molecular weight is 384 g/mol. The predicted octanol–water partition coefficient (Wildman–Crippen LogP) is 4.59. The third-order valence-corrected chi connectivity index (χ3v) is 4.38. The van der Waals surface area contributed by atoms with Crippen molar-refractivity contribution in [2.45, 2.75) is 51.9 Å². The SMILES string of the molecule is CCCCc1ccc(C(=O)NCCOCCOCCCCCCCl)cc1. The maximum Gasteiger partial charge on any atom is 0.251 e. The Hall–Kier alpha value is -1.10. The van der Waals surface area contributed by atoms with Crippen LogP contribution in [0, 0.1) is 0 Å². The summed E-state index contributed by atoms with van der Waals surface area (Å²) in [7, 11) is 0. The molecule has 0 aliphatic carbocycles. The van der Waals surface area contributed by atoms with E-state index in [4.69, 9.17) is 21.1 Å². The molecule has 1 aromatic carbocycles. The number of ether oxygens (including phenoxy) is 2. The van der Waals surface area contributed by atoms with Gasteiger partial charge in [-0.3, -0.25) is 4.79 Å². The van der Waals surface area contributed by atoms with E-state index in [1.807, 2.05) is 24.3 Å². The van der Waals surface area contributed by atoms with Gasteiger partial charge in [-0.05, 0) is 43.4 Å². The van der Waals surface area contributed by atoms with Crippen molar-refractivity contribution in [1.82, 2.24) is 5.32 Å². The van der Waals surface area contributed by atoms with Crippen molar-refractivity contribution in [2.75, 3.05) is 38.9 Å². The molecule has 0 fully saturated rings. The molecule has 26 heavy (non-hydrogen) atoms. The highest BCUT2D eigenvalue weighted by atomic mass is 35.5. The smallest absolute Gasteiger partial charge is 0.251 e. The van der Waals surface area contributed by atoms with Crippen molar-refractivity contribution in [2.24, 2.45) is 0 Å². The number of halogens is 1. The summed E-state index contributed by atoms with van der Waals surface area (Å²) in [4.78, 5) is 12.1. The molecule has 0 heterocycles. The lowest BCUT2D eigenvalue weighted by atomic mass is 10.1. The molecule has 0 aliphatic rings. The zero-order valence-electron chi connectivity index (χ0n) is 16.1. The van der Waals surface area contributed by atoms with E-state index < -0.39 is 0 Å². The second-order valence-corrected chi connectivity index (χ2v) is 6.76. The molecule has 1 rings (SSSR count). The first kappa shape index (κ1) is 22.9. The molecule has 0 saturated carbocycles. The molecule has 0 saturated heterocycles. The van der Waals surface area contributed by atoms with Gasteiger partial charge in [0.25, 0.3) is 5.91 Å². The van der Waals surface area contributed by atoms with E-state index in [1.54, 1.807) is 0 Å². The number of rotatable bonds is 16. The minimum Gasteiger partial charge on any atom is -0.379 e. The van der Waals surface area contributed by atoms with Gasteiger partial charge in [-0.15, -0.1) is 11.6 Å². The quantitative estimate of drug-likeness (QED) is 0.335. The van der Waals surface area contributed by atoms with E-state index in [1.165, 1.54) is 31.2 Å². The summed E-state index contributed by atoms with van der Waals surface area (Å²) in [5.41, 5.74) is 1.98. The number of hydrogen-bond acceptors (Lipinski definition) is 3. The Labute approximate surface area is 163 Å². The van der Waals surface area contributed by atoms with E-state index in [2.05, 4.69) is 12.2 Å². The van der Waals surface area contributed by atoms with Crippen LogP contribution < -0.4 is 5.32 Å². The largest absolute Gasteiger partial charge is 0.379 e. The summed E-state index contributed by atoms with van der Waals surface area (Å²) in [5, 5.41) is 2.88. The normalized spacial score (nSPS) is 10.8. The van der Waals surface area contributed by atoms with Gasteiger partial charge in [-0.25, -0.2) is 0 Å². The lowest BCUT2D eigenvalue weighted by Crippen LogP contribution is -2.27. The minimum atomic E-state index is -0.0520. The first-order chi connectivity index (χ1) is 12.8. The maximum atomic E-state index is 12.1. The van der Waals surface area contributed by atoms with Gasteiger partial charge >= 0.3 is 0 Å². The van der Waals surface area contributed by atoms with Gasteiger partial charge in [0.1, 0.15) is 0 Å². The summed E-state index contributed by atoms with van der Waals surface area (Å²) < 4.78 is 11.0. The average Bonchev–Trinajstić information content (AvgIpc) is 2.67. The molecule has 0 unspecified atom stereocenters. The van der Waals surface area contributed by atoms with Crippen LogP contribution in [0.5, 0.6) is 0 Å². The van der Waals surface area contributed by atoms with Crippen LogP contribution in [-0.4, -0.2) is 44.8 Å². The fraction of sp³-hybridized carbons (Fsp3) is 0.667. The van der Waals surface area contributed by atoms with E-state index in [0.717, 1.165) is 31.7 Å². The molecular weight excluding hydrogens is 350 g/mol. The second kappa shape index (κ2) is 16.1. The van der Waals surface area contributed by atoms with Crippen molar-refractivity contribution < 1.29 is 14.3 Å². The first-order valence-electron chi connectivity index (χ1n) is 9.86. The van der Waals surface area contributed by atoms with Crippen LogP contribution >= 0.6 is 11.6 Å². The predicted molar refractivity (Wildman–Crippen MR) is 108 cm³/mol. The fourth-order valence-corrected chi connectivity index (χ4v) is 2.71. The lowest BCUT2D eigenvalue weighted by Gasteiger charge is -2.08. The summed E-state index contributed by atoms with van der Waals surface area (Å²) in [6, 6.07) is 7.85. The topological polar surface area (TPSA) is 47.6 Å². The number of unbranched alkanes of at least 4 members (excludes halogenated alkanes) is 4. The summed E-state index contributed by atoms with van der Waals surface area (Å²) in [6.07, 6.45) is 7.93. The Morgan fingerprint density at radius 3 is 2.31 bits per heavy atom. The van der Waals surface area contributed by atoms with E-state index >= 15 is 0 Å². The van der Waals surface area contributed by atoms with Gasteiger partial charge in [0.2, 0.25) is 0 Å². The highest BCUT2D eigenvalue weighted by molar-refractivity contribution is 6.17. The Morgan fingerprint density at radius 1 is 0.923 bits per heavy atom. The third kappa shape index (κ3) is 11.5. The van der Waals surface area contributed by atoms with Crippen LogP contribution in [0.3, 0.4) is 0 Å². The number of hydrogen-bond donors (Lipinski definition) is 1. The fourth-order valence-electron chi connectivity index (χ4n) is 2.52. The molecule has 5 heteroatoms. The lowest BCUT2D eigenvalue weighted by molar-refractivity contribution is 0.0468. The molecule has 0 aliphatic heterocycles. The first-order valence-corrected chi connectivity index (χ1v) is 10.4. The standard InChI is InChI=1S/C21H34ClNO3/c1-2-3-8-19-9-11-20(12-10-19)21(24)23-14-16-26-18-17-25-15-7-5-4-6-13-22/h9-12H,2-8,13-18H2,1H3,(H,23,24). The van der Waals surface area contributed by atoms with E-state index in [-0.39, 0.29) is 5.91 Å². The number of carbonyl (C=O) groups excluding carboxylic acids is 1. The molecule has 0 aromatic heterocycles. The van der Waals surface area contributed by atoms with Crippen molar-refractivity contribution in [3.05, 3.63) is 35.4 Å². The van der Waals surface area contributed by atoms with Crippen LogP contribution in [0.1, 0.15) is 61.4 Å². The van der Waals surface area contributed by atoms with Gasteiger partial charge in [0, 0.05) is 24.6 Å². The number of nitrogens with one attached hydrogen (secondary N) is 1. The molecule has 1 aromatic rings. The molecule has 1 N–H and O–H groups in total. The monoisotopic (exact) mass is 383 g/mol. The molecule has 4 nitrogen and oxygen atoms in total. The van der Waals surface area contributed by atoms with Crippen LogP contribution in [0.2, 0.25) is 0 Å². The highest BCUT2D eigenvalue weighted by Gasteiger charge is 2.04. The van der Waals surface area contributed by atoms with Crippen molar-refractivity contribution in [1.29, 1.82) is 0 Å². The Morgan fingerprint density at radius 2 is 1.62 bits per heavy atom. The molecule has 148 valence electrons. The zero-order chi connectivity index (χ0) is 18.9. The number of amides is 1. The van der Waals surface area contributed by atoms with E-state index in [0.29, 0.717) is 31.9 Å². The number of carbonyl (C=O) groups is 1. The Kier molecular flexibility index (Phi) is 14.2. The van der Waals surface area contributed by atoms with Crippen molar-refractivity contribution in [3.63, 3.8) is 0 Å². The summed E-state index contributed by atoms with van der Waals surface area (Å²) in [6.45, 7) is 5.12. The summed E-state index contributed by atoms with van der Waals surface area (Å²) >= 11 is 5.63. The van der Waals surface area contributed by atoms with Crippen LogP contribution in [0.25, 0.3) is 0 Å². The highest BCUT2D eigenvalue weighted by Crippen LogP contribution is 2.08. The minimum absolute atomic E-state index is 0.0520. The van der Waals surface area contributed by atoms with Gasteiger partial charge in [-0.2, -0.15) is 0 Å². The molecule has 0 radical (unpaired) electrons. The molecule has 0 atom stereocenters. The second-order valence-electron chi connectivity index (χ2n) is 6.38. The number of aryl methyl sites for hydroxylation is 1.